The predicted molar refractivity (Wildman–Crippen MR) is 90.4 cm³/mol. The molecule has 0 aliphatic carbocycles. The lowest BCUT2D eigenvalue weighted by Crippen LogP contribution is -2.31. The molecular formula is C17H19Cl2NO2. The number of aliphatic hydroxyl groups excluding tert-OH is 2. The summed E-state index contributed by atoms with van der Waals surface area (Å²) in [5, 5.41) is 23.5. The van der Waals surface area contributed by atoms with Gasteiger partial charge in [0.25, 0.3) is 0 Å². The molecule has 2 aromatic rings. The molecule has 0 heterocycles. The molecule has 0 amide bonds. The molecule has 0 aliphatic heterocycles. The zero-order chi connectivity index (χ0) is 15.9. The van der Waals surface area contributed by atoms with Crippen molar-refractivity contribution in [2.24, 2.45) is 0 Å². The second-order valence-electron chi connectivity index (χ2n) is 5.15. The van der Waals surface area contributed by atoms with Crippen LogP contribution in [0.2, 0.25) is 10.0 Å². The van der Waals surface area contributed by atoms with Gasteiger partial charge in [-0.15, -0.1) is 0 Å². The van der Waals surface area contributed by atoms with Crippen molar-refractivity contribution in [2.45, 2.75) is 18.6 Å². The topological polar surface area (TPSA) is 52.5 Å². The first kappa shape index (κ1) is 17.3. The van der Waals surface area contributed by atoms with E-state index in [9.17, 15) is 10.2 Å². The third kappa shape index (κ3) is 4.70. The van der Waals surface area contributed by atoms with E-state index in [1.54, 1.807) is 12.1 Å². The van der Waals surface area contributed by atoms with E-state index >= 15 is 0 Å². The highest BCUT2D eigenvalue weighted by atomic mass is 35.5. The average Bonchev–Trinajstić information content (AvgIpc) is 2.55. The standard InChI is InChI=1S/C17H19Cl2NO2/c18-15-7-6-13(8-16(15)19)14(17(22)11-21)10-20-9-12-4-2-1-3-5-12/h1-8,14,17,20-22H,9-11H2. The largest absolute Gasteiger partial charge is 0.394 e. The Morgan fingerprint density at radius 2 is 1.73 bits per heavy atom. The van der Waals surface area contributed by atoms with Gasteiger partial charge in [-0.05, 0) is 23.3 Å². The maximum Gasteiger partial charge on any atom is 0.0851 e. The van der Waals surface area contributed by atoms with Crippen molar-refractivity contribution in [3.8, 4) is 0 Å². The normalized spacial score (nSPS) is 13.8. The first-order valence-corrected chi connectivity index (χ1v) is 7.86. The molecule has 0 fully saturated rings. The zero-order valence-corrected chi connectivity index (χ0v) is 13.6. The lowest BCUT2D eigenvalue weighted by Gasteiger charge is -2.23. The van der Waals surface area contributed by atoms with E-state index in [2.05, 4.69) is 5.32 Å². The molecule has 5 heteroatoms. The van der Waals surface area contributed by atoms with Gasteiger partial charge in [0, 0.05) is 19.0 Å². The Labute approximate surface area is 140 Å². The van der Waals surface area contributed by atoms with E-state index in [1.807, 2.05) is 36.4 Å². The van der Waals surface area contributed by atoms with Gasteiger partial charge in [0.2, 0.25) is 0 Å². The number of aliphatic hydroxyl groups is 2. The minimum Gasteiger partial charge on any atom is -0.394 e. The molecule has 22 heavy (non-hydrogen) atoms. The van der Waals surface area contributed by atoms with Gasteiger partial charge in [0.15, 0.2) is 0 Å². The number of rotatable bonds is 7. The lowest BCUT2D eigenvalue weighted by atomic mass is 9.93. The molecule has 2 aromatic carbocycles. The Hall–Kier alpha value is -1.10. The van der Waals surface area contributed by atoms with Crippen molar-refractivity contribution in [3.63, 3.8) is 0 Å². The molecule has 2 unspecified atom stereocenters. The summed E-state index contributed by atoms with van der Waals surface area (Å²) in [5.74, 6) is -0.261. The van der Waals surface area contributed by atoms with Gasteiger partial charge in [0.1, 0.15) is 0 Å². The molecule has 2 atom stereocenters. The fourth-order valence-electron chi connectivity index (χ4n) is 2.31. The van der Waals surface area contributed by atoms with E-state index in [1.165, 1.54) is 0 Å². The number of halogens is 2. The number of benzene rings is 2. The number of hydrogen-bond donors (Lipinski definition) is 3. The predicted octanol–water partition coefficient (Wildman–Crippen LogP) is 3.22. The van der Waals surface area contributed by atoms with Crippen LogP contribution in [-0.2, 0) is 6.54 Å². The van der Waals surface area contributed by atoms with Crippen molar-refractivity contribution < 1.29 is 10.2 Å². The average molecular weight is 340 g/mol. The molecule has 3 N–H and O–H groups in total. The summed E-state index contributed by atoms with van der Waals surface area (Å²) in [6.45, 7) is 0.906. The minimum absolute atomic E-state index is 0.261. The Morgan fingerprint density at radius 3 is 2.36 bits per heavy atom. The molecule has 118 valence electrons. The first-order chi connectivity index (χ1) is 10.6. The molecule has 0 aliphatic rings. The summed E-state index contributed by atoms with van der Waals surface area (Å²) in [6, 6.07) is 15.3. The lowest BCUT2D eigenvalue weighted by molar-refractivity contribution is 0.0721. The van der Waals surface area contributed by atoms with Crippen LogP contribution in [0.5, 0.6) is 0 Å². The monoisotopic (exact) mass is 339 g/mol. The van der Waals surface area contributed by atoms with Crippen LogP contribution in [0, 0.1) is 0 Å². The zero-order valence-electron chi connectivity index (χ0n) is 12.0. The van der Waals surface area contributed by atoms with E-state index in [0.29, 0.717) is 23.1 Å². The molecule has 2 rings (SSSR count). The van der Waals surface area contributed by atoms with Crippen molar-refractivity contribution in [1.82, 2.24) is 5.32 Å². The van der Waals surface area contributed by atoms with Gasteiger partial charge < -0.3 is 15.5 Å². The molecule has 0 spiro atoms. The second kappa shape index (κ2) is 8.51. The van der Waals surface area contributed by atoms with Crippen LogP contribution < -0.4 is 5.32 Å². The molecular weight excluding hydrogens is 321 g/mol. The molecule has 0 saturated heterocycles. The fraction of sp³-hybridized carbons (Fsp3) is 0.294. The number of hydrogen-bond acceptors (Lipinski definition) is 3. The SMILES string of the molecule is OCC(O)C(CNCc1ccccc1)c1ccc(Cl)c(Cl)c1. The van der Waals surface area contributed by atoms with Crippen molar-refractivity contribution in [1.29, 1.82) is 0 Å². The second-order valence-corrected chi connectivity index (χ2v) is 5.96. The highest BCUT2D eigenvalue weighted by Crippen LogP contribution is 2.28. The van der Waals surface area contributed by atoms with Crippen LogP contribution in [-0.4, -0.2) is 29.5 Å². The molecule has 3 nitrogen and oxygen atoms in total. The van der Waals surface area contributed by atoms with E-state index < -0.39 is 6.10 Å². The summed E-state index contributed by atoms with van der Waals surface area (Å²) in [6.07, 6.45) is -0.861. The van der Waals surface area contributed by atoms with Crippen molar-refractivity contribution in [2.75, 3.05) is 13.2 Å². The fourth-order valence-corrected chi connectivity index (χ4v) is 2.62. The van der Waals surface area contributed by atoms with Crippen LogP contribution in [0.3, 0.4) is 0 Å². The summed E-state index contributed by atoms with van der Waals surface area (Å²) in [7, 11) is 0. The van der Waals surface area contributed by atoms with E-state index in [4.69, 9.17) is 23.2 Å². The van der Waals surface area contributed by atoms with Crippen LogP contribution in [0.1, 0.15) is 17.0 Å². The van der Waals surface area contributed by atoms with Gasteiger partial charge >= 0.3 is 0 Å². The maximum absolute atomic E-state index is 10.1. The first-order valence-electron chi connectivity index (χ1n) is 7.10. The van der Waals surface area contributed by atoms with Gasteiger partial charge in [-0.2, -0.15) is 0 Å². The molecule has 0 aromatic heterocycles. The van der Waals surface area contributed by atoms with Gasteiger partial charge in [-0.1, -0.05) is 59.6 Å². The highest BCUT2D eigenvalue weighted by molar-refractivity contribution is 6.42. The Balaban J connectivity index is 2.04. The minimum atomic E-state index is -0.861. The summed E-state index contributed by atoms with van der Waals surface area (Å²) in [4.78, 5) is 0. The summed E-state index contributed by atoms with van der Waals surface area (Å²) in [5.41, 5.74) is 2.00. The van der Waals surface area contributed by atoms with Gasteiger partial charge in [-0.25, -0.2) is 0 Å². The molecule has 0 radical (unpaired) electrons. The van der Waals surface area contributed by atoms with E-state index in [0.717, 1.165) is 11.1 Å². The van der Waals surface area contributed by atoms with Gasteiger partial charge in [0.05, 0.1) is 22.8 Å². The Morgan fingerprint density at radius 1 is 1.00 bits per heavy atom. The molecule has 0 bridgehead atoms. The van der Waals surface area contributed by atoms with Gasteiger partial charge in [-0.3, -0.25) is 0 Å². The third-order valence-electron chi connectivity index (χ3n) is 3.56. The van der Waals surface area contributed by atoms with Crippen LogP contribution in [0.25, 0.3) is 0 Å². The smallest absolute Gasteiger partial charge is 0.0851 e. The summed E-state index contributed by atoms with van der Waals surface area (Å²) >= 11 is 12.0. The quantitative estimate of drug-likeness (QED) is 0.725. The van der Waals surface area contributed by atoms with Crippen molar-refractivity contribution in [3.05, 3.63) is 69.7 Å². The summed E-state index contributed by atoms with van der Waals surface area (Å²) < 4.78 is 0. The van der Waals surface area contributed by atoms with Crippen LogP contribution >= 0.6 is 23.2 Å². The van der Waals surface area contributed by atoms with Crippen molar-refractivity contribution >= 4 is 23.2 Å². The Bertz CT molecular complexity index is 592. The highest BCUT2D eigenvalue weighted by Gasteiger charge is 2.21. The van der Waals surface area contributed by atoms with Crippen LogP contribution in [0.4, 0.5) is 0 Å². The molecule has 0 saturated carbocycles. The maximum atomic E-state index is 10.1. The number of nitrogens with one attached hydrogen (secondary N) is 1. The van der Waals surface area contributed by atoms with Crippen LogP contribution in [0.15, 0.2) is 48.5 Å². The Kier molecular flexibility index (Phi) is 6.68. The van der Waals surface area contributed by atoms with E-state index in [-0.39, 0.29) is 12.5 Å². The third-order valence-corrected chi connectivity index (χ3v) is 4.30.